The zero-order chi connectivity index (χ0) is 14.6. The third kappa shape index (κ3) is 3.74. The standard InChI is InChI=1S/C16H23ClN2O/c1-12(11-13-7-3-4-8-14(13)17)19-15(20)16(2)9-5-6-10-18-16/h3-4,7-8,12,18H,5-6,9-11H2,1-2H3,(H,19,20). The fraction of sp³-hybridized carbons (Fsp3) is 0.562. The second-order valence-electron chi connectivity index (χ2n) is 5.89. The molecule has 4 heteroatoms. The minimum absolute atomic E-state index is 0.0722. The third-order valence-corrected chi connectivity index (χ3v) is 4.35. The van der Waals surface area contributed by atoms with Gasteiger partial charge in [0.15, 0.2) is 0 Å². The van der Waals surface area contributed by atoms with Crippen LogP contribution in [0.4, 0.5) is 0 Å². The van der Waals surface area contributed by atoms with Gasteiger partial charge in [-0.1, -0.05) is 29.8 Å². The van der Waals surface area contributed by atoms with Crippen LogP contribution in [0, 0.1) is 0 Å². The summed E-state index contributed by atoms with van der Waals surface area (Å²) in [5.74, 6) is 0.0942. The van der Waals surface area contributed by atoms with E-state index >= 15 is 0 Å². The molecule has 0 radical (unpaired) electrons. The molecule has 0 aliphatic carbocycles. The molecule has 110 valence electrons. The molecule has 0 saturated carbocycles. The van der Waals surface area contributed by atoms with Gasteiger partial charge in [-0.15, -0.1) is 0 Å². The molecule has 0 spiro atoms. The molecule has 1 amide bonds. The molecule has 2 N–H and O–H groups in total. The summed E-state index contributed by atoms with van der Waals surface area (Å²) in [5.41, 5.74) is 0.649. The van der Waals surface area contributed by atoms with Gasteiger partial charge >= 0.3 is 0 Å². The van der Waals surface area contributed by atoms with Crippen molar-refractivity contribution in [2.75, 3.05) is 6.54 Å². The smallest absolute Gasteiger partial charge is 0.240 e. The van der Waals surface area contributed by atoms with Crippen molar-refractivity contribution in [2.24, 2.45) is 0 Å². The lowest BCUT2D eigenvalue weighted by atomic mass is 9.89. The Balaban J connectivity index is 1.92. The van der Waals surface area contributed by atoms with Crippen LogP contribution in [0.25, 0.3) is 0 Å². The summed E-state index contributed by atoms with van der Waals surface area (Å²) in [4.78, 5) is 12.4. The molecule has 1 aromatic rings. The molecule has 0 aromatic heterocycles. The first kappa shape index (κ1) is 15.3. The van der Waals surface area contributed by atoms with Crippen LogP contribution in [0.5, 0.6) is 0 Å². The van der Waals surface area contributed by atoms with Crippen LogP contribution >= 0.6 is 11.6 Å². The van der Waals surface area contributed by atoms with E-state index in [2.05, 4.69) is 10.6 Å². The molecule has 1 aliphatic heterocycles. The number of amides is 1. The maximum absolute atomic E-state index is 12.4. The minimum Gasteiger partial charge on any atom is -0.352 e. The van der Waals surface area contributed by atoms with Crippen molar-refractivity contribution in [1.82, 2.24) is 10.6 Å². The van der Waals surface area contributed by atoms with Gasteiger partial charge in [0, 0.05) is 11.1 Å². The minimum atomic E-state index is -0.424. The lowest BCUT2D eigenvalue weighted by Gasteiger charge is -2.34. The predicted octanol–water partition coefficient (Wildman–Crippen LogP) is 2.92. The van der Waals surface area contributed by atoms with E-state index in [0.717, 1.165) is 42.8 Å². The molecule has 1 saturated heterocycles. The molecule has 20 heavy (non-hydrogen) atoms. The second-order valence-corrected chi connectivity index (χ2v) is 6.29. The molecule has 0 bridgehead atoms. The van der Waals surface area contributed by atoms with Crippen LogP contribution in [0.2, 0.25) is 5.02 Å². The molecule has 1 aromatic carbocycles. The van der Waals surface area contributed by atoms with E-state index in [1.165, 1.54) is 0 Å². The number of carbonyl (C=O) groups is 1. The van der Waals surface area contributed by atoms with E-state index in [9.17, 15) is 4.79 Å². The van der Waals surface area contributed by atoms with E-state index in [4.69, 9.17) is 11.6 Å². The average molecular weight is 295 g/mol. The molecule has 1 aliphatic rings. The summed E-state index contributed by atoms with van der Waals surface area (Å²) in [6, 6.07) is 7.85. The fourth-order valence-corrected chi connectivity index (χ4v) is 2.89. The predicted molar refractivity (Wildman–Crippen MR) is 83.0 cm³/mol. The fourth-order valence-electron chi connectivity index (χ4n) is 2.68. The van der Waals surface area contributed by atoms with Crippen LogP contribution < -0.4 is 10.6 Å². The van der Waals surface area contributed by atoms with Crippen molar-refractivity contribution in [3.8, 4) is 0 Å². The Hall–Kier alpha value is -1.06. The van der Waals surface area contributed by atoms with Gasteiger partial charge in [-0.2, -0.15) is 0 Å². The van der Waals surface area contributed by atoms with Crippen molar-refractivity contribution in [3.63, 3.8) is 0 Å². The lowest BCUT2D eigenvalue weighted by Crippen LogP contribution is -2.58. The summed E-state index contributed by atoms with van der Waals surface area (Å²) in [5, 5.41) is 7.20. The number of nitrogens with one attached hydrogen (secondary N) is 2. The van der Waals surface area contributed by atoms with Gasteiger partial charge in [0.1, 0.15) is 0 Å². The maximum atomic E-state index is 12.4. The number of piperidine rings is 1. The van der Waals surface area contributed by atoms with Crippen molar-refractivity contribution in [2.45, 2.75) is 51.1 Å². The Kier molecular flexibility index (Phi) is 5.06. The average Bonchev–Trinajstić information content (AvgIpc) is 2.42. The summed E-state index contributed by atoms with van der Waals surface area (Å²) >= 11 is 6.16. The van der Waals surface area contributed by atoms with E-state index in [1.54, 1.807) is 0 Å². The highest BCUT2D eigenvalue weighted by Gasteiger charge is 2.34. The monoisotopic (exact) mass is 294 g/mol. The van der Waals surface area contributed by atoms with Gasteiger partial charge in [0.25, 0.3) is 0 Å². The van der Waals surface area contributed by atoms with E-state index in [1.807, 2.05) is 38.1 Å². The normalized spacial score (nSPS) is 24.1. The molecule has 2 unspecified atom stereocenters. The topological polar surface area (TPSA) is 41.1 Å². The maximum Gasteiger partial charge on any atom is 0.240 e. The Morgan fingerprint density at radius 1 is 1.45 bits per heavy atom. The highest BCUT2D eigenvalue weighted by Crippen LogP contribution is 2.20. The van der Waals surface area contributed by atoms with Gasteiger partial charge in [0.05, 0.1) is 5.54 Å². The number of hydrogen-bond acceptors (Lipinski definition) is 2. The molecular weight excluding hydrogens is 272 g/mol. The van der Waals surface area contributed by atoms with Crippen molar-refractivity contribution in [3.05, 3.63) is 34.9 Å². The summed E-state index contributed by atoms with van der Waals surface area (Å²) < 4.78 is 0. The largest absolute Gasteiger partial charge is 0.352 e. The SMILES string of the molecule is CC(Cc1ccccc1Cl)NC(=O)C1(C)CCCCN1. The van der Waals surface area contributed by atoms with Gasteiger partial charge < -0.3 is 10.6 Å². The molecule has 1 heterocycles. The van der Waals surface area contributed by atoms with Crippen LogP contribution in [0.1, 0.15) is 38.7 Å². The van der Waals surface area contributed by atoms with Crippen molar-refractivity contribution >= 4 is 17.5 Å². The van der Waals surface area contributed by atoms with Crippen LogP contribution in [-0.2, 0) is 11.2 Å². The number of benzene rings is 1. The number of hydrogen-bond donors (Lipinski definition) is 2. The molecule has 2 atom stereocenters. The zero-order valence-electron chi connectivity index (χ0n) is 12.2. The Morgan fingerprint density at radius 2 is 2.20 bits per heavy atom. The van der Waals surface area contributed by atoms with E-state index in [-0.39, 0.29) is 11.9 Å². The molecule has 2 rings (SSSR count). The first-order valence-electron chi connectivity index (χ1n) is 7.31. The number of halogens is 1. The Labute approximate surface area is 126 Å². The van der Waals surface area contributed by atoms with Gasteiger partial charge in [-0.25, -0.2) is 0 Å². The lowest BCUT2D eigenvalue weighted by molar-refractivity contribution is -0.128. The van der Waals surface area contributed by atoms with Gasteiger partial charge in [-0.05, 0) is 57.7 Å². The van der Waals surface area contributed by atoms with E-state index in [0.29, 0.717) is 0 Å². The molecular formula is C16H23ClN2O. The highest BCUT2D eigenvalue weighted by molar-refractivity contribution is 6.31. The summed E-state index contributed by atoms with van der Waals surface area (Å²) in [6.45, 7) is 4.93. The van der Waals surface area contributed by atoms with Gasteiger partial charge in [0.2, 0.25) is 5.91 Å². The zero-order valence-corrected chi connectivity index (χ0v) is 13.0. The first-order chi connectivity index (χ1) is 9.51. The van der Waals surface area contributed by atoms with E-state index < -0.39 is 5.54 Å². The van der Waals surface area contributed by atoms with Crippen molar-refractivity contribution < 1.29 is 4.79 Å². The van der Waals surface area contributed by atoms with Crippen LogP contribution in [-0.4, -0.2) is 24.0 Å². The highest BCUT2D eigenvalue weighted by atomic mass is 35.5. The van der Waals surface area contributed by atoms with Crippen LogP contribution in [0.15, 0.2) is 24.3 Å². The first-order valence-corrected chi connectivity index (χ1v) is 7.68. The summed E-state index contributed by atoms with van der Waals surface area (Å²) in [7, 11) is 0. The molecule has 1 fully saturated rings. The van der Waals surface area contributed by atoms with Crippen LogP contribution in [0.3, 0.4) is 0 Å². The van der Waals surface area contributed by atoms with Gasteiger partial charge in [-0.3, -0.25) is 4.79 Å². The Bertz CT molecular complexity index is 469. The Morgan fingerprint density at radius 3 is 2.85 bits per heavy atom. The third-order valence-electron chi connectivity index (χ3n) is 3.98. The quantitative estimate of drug-likeness (QED) is 0.896. The summed E-state index contributed by atoms with van der Waals surface area (Å²) in [6.07, 6.45) is 3.91. The number of rotatable bonds is 4. The molecule has 3 nitrogen and oxygen atoms in total. The van der Waals surface area contributed by atoms with Crippen molar-refractivity contribution in [1.29, 1.82) is 0 Å². The second kappa shape index (κ2) is 6.59. The number of carbonyl (C=O) groups excluding carboxylic acids is 1.